The number of phenols is 1. The summed E-state index contributed by atoms with van der Waals surface area (Å²) >= 11 is 0. The van der Waals surface area contributed by atoms with Gasteiger partial charge in [-0.15, -0.1) is 0 Å². The van der Waals surface area contributed by atoms with Crippen LogP contribution in [0, 0.1) is 5.82 Å². The van der Waals surface area contributed by atoms with Gasteiger partial charge in [0.25, 0.3) is 0 Å². The van der Waals surface area contributed by atoms with Gasteiger partial charge < -0.3 is 20.4 Å². The lowest BCUT2D eigenvalue weighted by atomic mass is 9.96. The summed E-state index contributed by atoms with van der Waals surface area (Å²) in [5, 5.41) is 25.7. The van der Waals surface area contributed by atoms with E-state index in [4.69, 9.17) is 4.98 Å². The highest BCUT2D eigenvalue weighted by atomic mass is 19.1. The minimum absolute atomic E-state index is 0.0340. The van der Waals surface area contributed by atoms with Crippen LogP contribution in [0.5, 0.6) is 5.75 Å². The Hall–Kier alpha value is -3.29. The van der Waals surface area contributed by atoms with Crippen LogP contribution in [0.4, 0.5) is 10.2 Å². The summed E-state index contributed by atoms with van der Waals surface area (Å²) in [7, 11) is 0. The van der Waals surface area contributed by atoms with Crippen LogP contribution in [0.3, 0.4) is 0 Å². The average molecular weight is 459 g/mol. The lowest BCUT2D eigenvalue weighted by molar-refractivity contribution is 0.287. The van der Waals surface area contributed by atoms with Crippen LogP contribution >= 0.6 is 0 Å². The third-order valence-electron chi connectivity index (χ3n) is 7.04. The number of phenolic OH excluding ortho intramolecular Hbond substituents is 1. The zero-order valence-electron chi connectivity index (χ0n) is 18.8. The van der Waals surface area contributed by atoms with E-state index in [1.807, 2.05) is 30.3 Å². The van der Waals surface area contributed by atoms with Crippen LogP contribution in [0.15, 0.2) is 48.5 Å². The number of hydrogen-bond donors (Lipinski definition) is 3. The molecule has 6 nitrogen and oxygen atoms in total. The quantitative estimate of drug-likeness (QED) is 0.417. The number of fused-ring (bicyclic) bond motifs is 4. The zero-order valence-corrected chi connectivity index (χ0v) is 18.8. The Morgan fingerprint density at radius 1 is 0.971 bits per heavy atom. The van der Waals surface area contributed by atoms with Crippen LogP contribution in [0.1, 0.15) is 25.1 Å². The second kappa shape index (κ2) is 8.49. The number of aliphatic hydroxyl groups is 1. The average Bonchev–Trinajstić information content (AvgIpc) is 3.19. The summed E-state index contributed by atoms with van der Waals surface area (Å²) in [4.78, 5) is 11.7. The lowest BCUT2D eigenvalue weighted by Crippen LogP contribution is -2.51. The Morgan fingerprint density at radius 3 is 2.56 bits per heavy atom. The van der Waals surface area contributed by atoms with Crippen LogP contribution in [0.2, 0.25) is 0 Å². The summed E-state index contributed by atoms with van der Waals surface area (Å²) in [5.74, 6) is 0.985. The van der Waals surface area contributed by atoms with E-state index in [9.17, 15) is 10.2 Å². The molecule has 2 fully saturated rings. The first-order valence-electron chi connectivity index (χ1n) is 11.9. The number of aromatic nitrogens is 2. The fourth-order valence-corrected chi connectivity index (χ4v) is 5.48. The van der Waals surface area contributed by atoms with Gasteiger partial charge >= 0.3 is 0 Å². The Balaban J connectivity index is 1.54. The number of anilines is 1. The molecule has 174 valence electrons. The maximum Gasteiger partial charge on any atom is 0.157 e. The summed E-state index contributed by atoms with van der Waals surface area (Å²) in [5.41, 5.74) is 1.32. The molecule has 2 unspecified atom stereocenters. The third-order valence-corrected chi connectivity index (χ3v) is 7.04. The van der Waals surface area contributed by atoms with Crippen molar-refractivity contribution < 1.29 is 14.6 Å². The molecule has 3 aromatic carbocycles. The van der Waals surface area contributed by atoms with Crippen molar-refractivity contribution in [2.24, 2.45) is 0 Å². The van der Waals surface area contributed by atoms with Gasteiger partial charge in [-0.05, 0) is 53.8 Å². The molecular weight excluding hydrogens is 431 g/mol. The van der Waals surface area contributed by atoms with E-state index in [1.165, 1.54) is 0 Å². The molecule has 0 amide bonds. The number of nitrogens with one attached hydrogen (secondary N) is 1. The van der Waals surface area contributed by atoms with Gasteiger partial charge in [0.2, 0.25) is 0 Å². The molecule has 1 aromatic heterocycles. The monoisotopic (exact) mass is 458 g/mol. The number of nitrogens with zero attached hydrogens (tertiary/aromatic N) is 3. The molecule has 2 atom stereocenters. The number of piperazine rings is 1. The van der Waals surface area contributed by atoms with Crippen molar-refractivity contribution in [1.29, 1.82) is 0 Å². The molecule has 0 aliphatic carbocycles. The molecule has 2 aliphatic rings. The van der Waals surface area contributed by atoms with Crippen molar-refractivity contribution >= 4 is 27.5 Å². The van der Waals surface area contributed by atoms with Crippen molar-refractivity contribution in [2.45, 2.75) is 37.8 Å². The number of halogens is 1. The van der Waals surface area contributed by atoms with E-state index in [2.05, 4.69) is 15.2 Å². The van der Waals surface area contributed by atoms with Gasteiger partial charge in [-0.3, -0.25) is 0 Å². The molecule has 4 aromatic rings. The van der Waals surface area contributed by atoms with E-state index >= 15 is 4.39 Å². The first kappa shape index (κ1) is 21.3. The number of benzene rings is 3. The Labute approximate surface area is 197 Å². The molecule has 2 bridgehead atoms. The van der Waals surface area contributed by atoms with E-state index in [0.717, 1.165) is 42.5 Å². The number of rotatable bonds is 5. The maximum absolute atomic E-state index is 16.2. The fraction of sp³-hybridized carbons (Fsp3) is 0.333. The molecule has 34 heavy (non-hydrogen) atoms. The highest BCUT2D eigenvalue weighted by molar-refractivity contribution is 6.01. The number of aromatic hydroxyl groups is 1. The smallest absolute Gasteiger partial charge is 0.157 e. The summed E-state index contributed by atoms with van der Waals surface area (Å²) in [6.45, 7) is 1.71. The van der Waals surface area contributed by atoms with Crippen molar-refractivity contribution in [1.82, 2.24) is 15.3 Å². The minimum Gasteiger partial charge on any atom is -0.508 e. The first-order valence-corrected chi connectivity index (χ1v) is 11.9. The van der Waals surface area contributed by atoms with Crippen molar-refractivity contribution in [3.05, 3.63) is 60.2 Å². The number of aryl methyl sites for hydroxylation is 1. The highest BCUT2D eigenvalue weighted by Gasteiger charge is 2.34. The molecule has 0 radical (unpaired) electrons. The van der Waals surface area contributed by atoms with Crippen LogP contribution < -0.4 is 10.2 Å². The Kier molecular flexibility index (Phi) is 5.31. The van der Waals surface area contributed by atoms with E-state index < -0.39 is 5.82 Å². The molecule has 0 saturated carbocycles. The highest BCUT2D eigenvalue weighted by Crippen LogP contribution is 2.38. The van der Waals surface area contributed by atoms with Gasteiger partial charge in [-0.2, -0.15) is 0 Å². The molecule has 2 saturated heterocycles. The van der Waals surface area contributed by atoms with Crippen molar-refractivity contribution in [3.63, 3.8) is 0 Å². The number of hydrogen-bond acceptors (Lipinski definition) is 6. The summed E-state index contributed by atoms with van der Waals surface area (Å²) < 4.78 is 16.2. The zero-order chi connectivity index (χ0) is 23.2. The molecule has 2 aliphatic heterocycles. The van der Waals surface area contributed by atoms with Gasteiger partial charge in [-0.25, -0.2) is 14.4 Å². The van der Waals surface area contributed by atoms with E-state index in [-0.39, 0.29) is 17.9 Å². The maximum atomic E-state index is 16.2. The Morgan fingerprint density at radius 2 is 1.76 bits per heavy atom. The topological polar surface area (TPSA) is 81.5 Å². The lowest BCUT2D eigenvalue weighted by Gasteiger charge is -2.34. The molecule has 0 spiro atoms. The van der Waals surface area contributed by atoms with Gasteiger partial charge in [0.05, 0.1) is 0 Å². The molecule has 7 heteroatoms. The van der Waals surface area contributed by atoms with Crippen LogP contribution in [-0.4, -0.2) is 52.0 Å². The standard InChI is InChI=1S/C27H27FN4O2/c28-25-21(23-13-19(34)12-16-4-1-2-5-20(16)23)9-10-22-26(25)30-24(6-3-11-33)31-27(22)32-14-17-7-8-18(15-32)29-17/h1-2,4-5,9-10,12-13,17-18,29,33-34H,3,6-8,11,14-15H2. The van der Waals surface area contributed by atoms with Crippen molar-refractivity contribution in [2.75, 3.05) is 24.6 Å². The van der Waals surface area contributed by atoms with E-state index in [0.29, 0.717) is 47.3 Å². The molecular formula is C27H27FN4O2. The van der Waals surface area contributed by atoms with Gasteiger partial charge in [-0.1, -0.05) is 30.3 Å². The fourth-order valence-electron chi connectivity index (χ4n) is 5.48. The largest absolute Gasteiger partial charge is 0.508 e. The SMILES string of the molecule is OCCCc1nc(N2CC3CCC(C2)N3)c2ccc(-c3cc(O)cc4ccccc34)c(F)c2n1. The predicted molar refractivity (Wildman–Crippen MR) is 132 cm³/mol. The van der Waals surface area contributed by atoms with Gasteiger partial charge in [0.1, 0.15) is 22.9 Å². The predicted octanol–water partition coefficient (Wildman–Crippen LogP) is 4.16. The van der Waals surface area contributed by atoms with Crippen LogP contribution in [-0.2, 0) is 6.42 Å². The minimum atomic E-state index is -0.416. The first-order chi connectivity index (χ1) is 16.6. The van der Waals surface area contributed by atoms with Crippen molar-refractivity contribution in [3.8, 4) is 16.9 Å². The molecule has 6 rings (SSSR count). The summed E-state index contributed by atoms with van der Waals surface area (Å²) in [6, 6.07) is 15.5. The second-order valence-corrected chi connectivity index (χ2v) is 9.37. The second-order valence-electron chi connectivity index (χ2n) is 9.37. The Bertz CT molecular complexity index is 1380. The van der Waals surface area contributed by atoms with Gasteiger partial charge in [0, 0.05) is 49.2 Å². The molecule has 3 heterocycles. The van der Waals surface area contributed by atoms with Crippen LogP contribution in [0.25, 0.3) is 32.8 Å². The van der Waals surface area contributed by atoms with Gasteiger partial charge in [0.15, 0.2) is 5.82 Å². The normalized spacial score (nSPS) is 19.9. The number of aliphatic hydroxyl groups excluding tert-OH is 1. The third kappa shape index (κ3) is 3.65. The molecule has 3 N–H and O–H groups in total. The van der Waals surface area contributed by atoms with E-state index in [1.54, 1.807) is 18.2 Å². The summed E-state index contributed by atoms with van der Waals surface area (Å²) in [6.07, 6.45) is 3.29.